The van der Waals surface area contributed by atoms with Crippen molar-refractivity contribution >= 4 is 0 Å². The van der Waals surface area contributed by atoms with Gasteiger partial charge in [0.1, 0.15) is 0 Å². The molecule has 1 rings (SSSR count). The van der Waals surface area contributed by atoms with Crippen molar-refractivity contribution in [2.24, 2.45) is 0 Å². The molecule has 0 bridgehead atoms. The van der Waals surface area contributed by atoms with Gasteiger partial charge in [-0.05, 0) is 12.6 Å². The van der Waals surface area contributed by atoms with Gasteiger partial charge in [-0.15, -0.1) is 0 Å². The minimum Gasteiger partial charge on any atom is -0.391 e. The molecule has 0 aliphatic carbocycles. The van der Waals surface area contributed by atoms with Crippen molar-refractivity contribution in [2.45, 2.75) is 6.42 Å². The van der Waals surface area contributed by atoms with Crippen molar-refractivity contribution in [3.05, 3.63) is 12.3 Å². The number of nitrogens with one attached hydrogen (secondary N) is 1. The maximum atomic E-state index is 6.88. The first kappa shape index (κ1) is 1.85. The van der Waals surface area contributed by atoms with Gasteiger partial charge < -0.3 is 5.31 Å². The van der Waals surface area contributed by atoms with Crippen molar-refractivity contribution in [2.75, 3.05) is 6.54 Å². The van der Waals surface area contributed by atoms with Crippen LogP contribution in [0.2, 0.25) is 1.41 Å². The van der Waals surface area contributed by atoms with Crippen LogP contribution in [0, 0.1) is 0 Å². The predicted octanol–water partition coefficient (Wildman–Crippen LogP) is 0.493. The highest BCUT2D eigenvalue weighted by Gasteiger charge is 1.81. The predicted molar refractivity (Wildman–Crippen MR) is 21.8 cm³/mol. The fraction of sp³-hybridized carbons (Fsp3) is 0.500. The monoisotopic (exact) mass is 70.1 g/mol. The molecule has 0 aromatic heterocycles. The van der Waals surface area contributed by atoms with Crippen LogP contribution in [0.15, 0.2) is 12.3 Å². The van der Waals surface area contributed by atoms with Crippen LogP contribution in [0.4, 0.5) is 0 Å². The highest BCUT2D eigenvalue weighted by atomic mass is 14.8. The number of hydrogen-bond donors (Lipinski definition) is 1. The summed E-state index contributed by atoms with van der Waals surface area (Å²) in [5, 5.41) is 1.43. The molecule has 0 unspecified atom stereocenters. The lowest BCUT2D eigenvalue weighted by Crippen LogP contribution is -1.96. The molecule has 0 saturated carbocycles. The highest BCUT2D eigenvalue weighted by Crippen LogP contribution is 1.84. The molecule has 1 aliphatic heterocycles. The van der Waals surface area contributed by atoms with Gasteiger partial charge in [-0.1, -0.05) is 6.08 Å². The molecule has 0 spiro atoms. The summed E-state index contributed by atoms with van der Waals surface area (Å²) in [5.41, 5.74) is 0. The Labute approximate surface area is 33.2 Å². The summed E-state index contributed by atoms with van der Waals surface area (Å²) < 4.78 is 6.88. The van der Waals surface area contributed by atoms with E-state index in [1.165, 1.54) is 5.31 Å². The van der Waals surface area contributed by atoms with Gasteiger partial charge in [0, 0.05) is 6.54 Å². The summed E-state index contributed by atoms with van der Waals surface area (Å²) in [6.45, 7) is 0.875. The lowest BCUT2D eigenvalue weighted by atomic mass is 10.5. The van der Waals surface area contributed by atoms with E-state index in [0.717, 1.165) is 13.0 Å². The molecule has 28 valence electrons. The molecule has 1 nitrogen and oxygen atoms in total. The van der Waals surface area contributed by atoms with Crippen molar-refractivity contribution in [1.29, 1.82) is 0 Å². The van der Waals surface area contributed by atoms with Crippen LogP contribution in [0.5, 0.6) is 0 Å². The Morgan fingerprint density at radius 1 is 2.00 bits per heavy atom. The molecule has 0 amide bonds. The van der Waals surface area contributed by atoms with E-state index in [-0.39, 0.29) is 0 Å². The zero-order valence-corrected chi connectivity index (χ0v) is 3.02. The van der Waals surface area contributed by atoms with Crippen LogP contribution in [0.1, 0.15) is 6.42 Å². The summed E-state index contributed by atoms with van der Waals surface area (Å²) in [4.78, 5) is 0. The number of hydrogen-bond acceptors (Lipinski definition) is 1. The van der Waals surface area contributed by atoms with Crippen molar-refractivity contribution in [3.8, 4) is 0 Å². The van der Waals surface area contributed by atoms with Crippen molar-refractivity contribution in [1.82, 2.24) is 5.31 Å². The molecule has 0 saturated heterocycles. The third-order valence-electron chi connectivity index (χ3n) is 0.636. The zero-order chi connectivity index (χ0) is 4.41. The number of rotatable bonds is 0. The second kappa shape index (κ2) is 1.11. The molecule has 0 fully saturated rings. The third kappa shape index (κ3) is 0.407. The van der Waals surface area contributed by atoms with E-state index in [2.05, 4.69) is 0 Å². The van der Waals surface area contributed by atoms with Crippen molar-refractivity contribution in [3.63, 3.8) is 0 Å². The lowest BCUT2D eigenvalue weighted by Gasteiger charge is -1.78. The molecule has 0 aromatic rings. The summed E-state index contributed by atoms with van der Waals surface area (Å²) in [6, 6.07) is 0. The smallest absolute Gasteiger partial charge is 0.159 e. The summed E-state index contributed by atoms with van der Waals surface area (Å²) >= 11 is 0. The second-order valence-electron chi connectivity index (χ2n) is 1.08. The Bertz CT molecular complexity index is 69.9. The maximum Gasteiger partial charge on any atom is 0.159 e. The lowest BCUT2D eigenvalue weighted by molar-refractivity contribution is 0.917. The summed E-state index contributed by atoms with van der Waals surface area (Å²) in [7, 11) is 0. The molecule has 1 heterocycles. The Morgan fingerprint density at radius 3 is 3.20 bits per heavy atom. The quantitative estimate of drug-likeness (QED) is 0.437. The first-order chi connectivity index (χ1) is 2.89. The van der Waals surface area contributed by atoms with E-state index in [1.807, 2.05) is 6.08 Å². The fourth-order valence-electron chi connectivity index (χ4n) is 0.373. The highest BCUT2D eigenvalue weighted by molar-refractivity contribution is 4.86. The molecular weight excluding hydrogens is 62.1 g/mol. The van der Waals surface area contributed by atoms with Gasteiger partial charge in [-0.25, -0.2) is 0 Å². The SMILES string of the molecule is [2H]N1C=CCC1. The molecule has 1 aliphatic rings. The average Bonchev–Trinajstić information content (AvgIpc) is 1.86. The van der Waals surface area contributed by atoms with E-state index >= 15 is 0 Å². The van der Waals surface area contributed by atoms with Gasteiger partial charge >= 0.3 is 0 Å². The van der Waals surface area contributed by atoms with Crippen molar-refractivity contribution < 1.29 is 1.41 Å². The van der Waals surface area contributed by atoms with Gasteiger partial charge in [-0.3, -0.25) is 0 Å². The molecule has 0 aromatic carbocycles. The Hall–Kier alpha value is -0.460. The molecule has 1 heteroatoms. The van der Waals surface area contributed by atoms with Crippen LogP contribution >= 0.6 is 0 Å². The van der Waals surface area contributed by atoms with E-state index in [0.29, 0.717) is 0 Å². The van der Waals surface area contributed by atoms with Gasteiger partial charge in [0.05, 0.1) is 0 Å². The topological polar surface area (TPSA) is 12.0 Å². The normalized spacial score (nSPS) is 24.0. The second-order valence-corrected chi connectivity index (χ2v) is 1.08. The average molecular weight is 70.1 g/mol. The Balaban J connectivity index is 2.38. The Morgan fingerprint density at radius 2 is 3.00 bits per heavy atom. The van der Waals surface area contributed by atoms with E-state index in [9.17, 15) is 0 Å². The van der Waals surface area contributed by atoms with Crippen LogP contribution in [-0.4, -0.2) is 6.54 Å². The molecule has 0 atom stereocenters. The van der Waals surface area contributed by atoms with Gasteiger partial charge in [0.2, 0.25) is 0 Å². The maximum absolute atomic E-state index is 6.88. The minimum absolute atomic E-state index is 0.875. The molecule has 1 N–H and O–H groups in total. The standard InChI is InChI=1S/C4H7N/c1-2-4-5-3-1/h1,3,5H,2,4H2/i/hD. The zero-order valence-electron chi connectivity index (χ0n) is 4.02. The fourth-order valence-corrected chi connectivity index (χ4v) is 0.373. The van der Waals surface area contributed by atoms with Crippen LogP contribution in [0.25, 0.3) is 0 Å². The molecule has 5 heavy (non-hydrogen) atoms. The third-order valence-corrected chi connectivity index (χ3v) is 0.636. The molecular formula is C4H7N. The van der Waals surface area contributed by atoms with E-state index in [1.54, 1.807) is 6.20 Å². The van der Waals surface area contributed by atoms with Gasteiger partial charge in [-0.2, -0.15) is 0 Å². The minimum atomic E-state index is 0.875. The van der Waals surface area contributed by atoms with E-state index in [4.69, 9.17) is 1.41 Å². The van der Waals surface area contributed by atoms with Crippen LogP contribution in [0.3, 0.4) is 0 Å². The first-order valence-corrected chi connectivity index (χ1v) is 1.82. The summed E-state index contributed by atoms with van der Waals surface area (Å²) in [6.07, 6.45) is 4.82. The largest absolute Gasteiger partial charge is 0.391 e. The van der Waals surface area contributed by atoms with E-state index < -0.39 is 0 Å². The van der Waals surface area contributed by atoms with Gasteiger partial charge in [0.25, 0.3) is 0 Å². The molecule has 0 radical (unpaired) electrons. The summed E-state index contributed by atoms with van der Waals surface area (Å²) in [5.74, 6) is 0. The van der Waals surface area contributed by atoms with Crippen LogP contribution < -0.4 is 5.31 Å². The Kier molecular flexibility index (Phi) is 0.411. The van der Waals surface area contributed by atoms with Gasteiger partial charge in [0.15, 0.2) is 1.41 Å². The first-order valence-electron chi connectivity index (χ1n) is 2.26. The van der Waals surface area contributed by atoms with Crippen LogP contribution in [-0.2, 0) is 0 Å².